The molecule has 1 amide bonds. The summed E-state index contributed by atoms with van der Waals surface area (Å²) in [5.74, 6) is 0.540. The molecular formula is C15H10N4O2S. The molecule has 0 saturated carbocycles. The number of aromatic nitrogens is 2. The molecule has 0 aliphatic heterocycles. The van der Waals surface area contributed by atoms with Gasteiger partial charge in [0, 0.05) is 5.56 Å². The minimum atomic E-state index is -0.292. The van der Waals surface area contributed by atoms with Crippen molar-refractivity contribution in [3.05, 3.63) is 58.7 Å². The van der Waals surface area contributed by atoms with Crippen LogP contribution in [-0.2, 0) is 6.54 Å². The van der Waals surface area contributed by atoms with Crippen molar-refractivity contribution in [2.45, 2.75) is 6.54 Å². The zero-order valence-electron chi connectivity index (χ0n) is 11.3. The SMILES string of the molecule is N#Cc1cccc(C(=O)NCc2noc(-c3cccs3)n2)c1. The molecule has 0 unspecified atom stereocenters. The second-order valence-electron chi connectivity index (χ2n) is 4.37. The maximum absolute atomic E-state index is 12.0. The zero-order valence-corrected chi connectivity index (χ0v) is 12.1. The van der Waals surface area contributed by atoms with Gasteiger partial charge in [-0.05, 0) is 29.6 Å². The van der Waals surface area contributed by atoms with Gasteiger partial charge in [-0.15, -0.1) is 11.3 Å². The van der Waals surface area contributed by atoms with E-state index in [1.165, 1.54) is 17.4 Å². The van der Waals surface area contributed by atoms with E-state index >= 15 is 0 Å². The number of nitriles is 1. The molecule has 1 aromatic carbocycles. The number of thiophene rings is 1. The average Bonchev–Trinajstić information content (AvgIpc) is 3.23. The summed E-state index contributed by atoms with van der Waals surface area (Å²) in [5, 5.41) is 17.3. The first-order valence-electron chi connectivity index (χ1n) is 6.41. The van der Waals surface area contributed by atoms with Crippen molar-refractivity contribution in [2.24, 2.45) is 0 Å². The van der Waals surface area contributed by atoms with Crippen LogP contribution in [-0.4, -0.2) is 16.0 Å². The fraction of sp³-hybridized carbons (Fsp3) is 0.0667. The highest BCUT2D eigenvalue weighted by atomic mass is 32.1. The Morgan fingerprint density at radius 2 is 2.27 bits per heavy atom. The van der Waals surface area contributed by atoms with Crippen LogP contribution in [0, 0.1) is 11.3 Å². The predicted molar refractivity (Wildman–Crippen MR) is 79.9 cm³/mol. The minimum absolute atomic E-state index is 0.157. The van der Waals surface area contributed by atoms with Gasteiger partial charge in [0.1, 0.15) is 0 Å². The summed E-state index contributed by atoms with van der Waals surface area (Å²) >= 11 is 1.50. The first-order valence-corrected chi connectivity index (χ1v) is 7.29. The number of amides is 1. The topological polar surface area (TPSA) is 91.8 Å². The van der Waals surface area contributed by atoms with E-state index in [2.05, 4.69) is 15.5 Å². The van der Waals surface area contributed by atoms with Gasteiger partial charge in [-0.2, -0.15) is 10.2 Å². The van der Waals surface area contributed by atoms with E-state index in [0.29, 0.717) is 22.8 Å². The van der Waals surface area contributed by atoms with Crippen LogP contribution < -0.4 is 5.32 Å². The number of carbonyl (C=O) groups is 1. The standard InChI is InChI=1S/C15H10N4O2S/c16-8-10-3-1-4-11(7-10)14(20)17-9-13-18-15(21-19-13)12-5-2-6-22-12/h1-7H,9H2,(H,17,20). The maximum atomic E-state index is 12.0. The quantitative estimate of drug-likeness (QED) is 0.799. The lowest BCUT2D eigenvalue weighted by Crippen LogP contribution is -2.23. The van der Waals surface area contributed by atoms with E-state index < -0.39 is 0 Å². The molecule has 0 saturated heterocycles. The van der Waals surface area contributed by atoms with Crippen molar-refractivity contribution in [2.75, 3.05) is 0 Å². The maximum Gasteiger partial charge on any atom is 0.268 e. The molecule has 0 bridgehead atoms. The molecule has 2 aromatic heterocycles. The lowest BCUT2D eigenvalue weighted by atomic mass is 10.1. The van der Waals surface area contributed by atoms with E-state index in [0.717, 1.165) is 4.88 Å². The molecule has 1 N–H and O–H groups in total. The van der Waals surface area contributed by atoms with Crippen LogP contribution in [0.15, 0.2) is 46.3 Å². The summed E-state index contributed by atoms with van der Waals surface area (Å²) in [5.41, 5.74) is 0.855. The van der Waals surface area contributed by atoms with Crippen LogP contribution in [0.5, 0.6) is 0 Å². The fourth-order valence-corrected chi connectivity index (χ4v) is 2.46. The molecule has 0 fully saturated rings. The number of carbonyl (C=O) groups excluding carboxylic acids is 1. The molecule has 3 rings (SSSR count). The van der Waals surface area contributed by atoms with E-state index in [1.54, 1.807) is 18.2 Å². The summed E-state index contributed by atoms with van der Waals surface area (Å²) in [4.78, 5) is 17.1. The van der Waals surface area contributed by atoms with Crippen molar-refractivity contribution < 1.29 is 9.32 Å². The Balaban J connectivity index is 1.65. The molecular weight excluding hydrogens is 300 g/mol. The van der Waals surface area contributed by atoms with Crippen LogP contribution in [0.3, 0.4) is 0 Å². The van der Waals surface area contributed by atoms with E-state index in [4.69, 9.17) is 9.78 Å². The van der Waals surface area contributed by atoms with Gasteiger partial charge >= 0.3 is 0 Å². The third kappa shape index (κ3) is 3.02. The first kappa shape index (κ1) is 14.0. The predicted octanol–water partition coefficient (Wildman–Crippen LogP) is 2.60. The highest BCUT2D eigenvalue weighted by Crippen LogP contribution is 2.22. The summed E-state index contributed by atoms with van der Waals surface area (Å²) in [6.45, 7) is 0.157. The lowest BCUT2D eigenvalue weighted by molar-refractivity contribution is 0.0949. The van der Waals surface area contributed by atoms with Crippen LogP contribution in [0.2, 0.25) is 0 Å². The summed E-state index contributed by atoms with van der Waals surface area (Å²) in [6.07, 6.45) is 0. The number of benzene rings is 1. The van der Waals surface area contributed by atoms with Crippen LogP contribution >= 0.6 is 11.3 Å². The second kappa shape index (κ2) is 6.20. The Kier molecular flexibility index (Phi) is 3.94. The van der Waals surface area contributed by atoms with Crippen molar-refractivity contribution >= 4 is 17.2 Å². The Morgan fingerprint density at radius 1 is 1.36 bits per heavy atom. The molecule has 0 aliphatic carbocycles. The number of nitrogens with one attached hydrogen (secondary N) is 1. The number of nitrogens with zero attached hydrogens (tertiary/aromatic N) is 3. The van der Waals surface area contributed by atoms with Gasteiger partial charge in [0.2, 0.25) is 0 Å². The Labute approximate surface area is 130 Å². The van der Waals surface area contributed by atoms with Gasteiger partial charge in [0.05, 0.1) is 23.1 Å². The first-order chi connectivity index (χ1) is 10.8. The zero-order chi connectivity index (χ0) is 15.4. The minimum Gasteiger partial charge on any atom is -0.345 e. The monoisotopic (exact) mass is 310 g/mol. The summed E-state index contributed by atoms with van der Waals surface area (Å²) in [6, 6.07) is 12.3. The van der Waals surface area contributed by atoms with Gasteiger partial charge in [0.25, 0.3) is 11.8 Å². The van der Waals surface area contributed by atoms with Crippen molar-refractivity contribution in [1.82, 2.24) is 15.5 Å². The van der Waals surface area contributed by atoms with Crippen LogP contribution in [0.4, 0.5) is 0 Å². The van der Waals surface area contributed by atoms with Crippen LogP contribution in [0.1, 0.15) is 21.7 Å². The van der Waals surface area contributed by atoms with Gasteiger partial charge in [0.15, 0.2) is 5.82 Å². The largest absolute Gasteiger partial charge is 0.345 e. The van der Waals surface area contributed by atoms with Gasteiger partial charge < -0.3 is 9.84 Å². The molecule has 2 heterocycles. The molecule has 3 aromatic rings. The molecule has 0 atom stereocenters. The molecule has 7 heteroatoms. The fourth-order valence-electron chi connectivity index (χ4n) is 1.82. The molecule has 0 radical (unpaired) electrons. The van der Waals surface area contributed by atoms with Gasteiger partial charge in [-0.3, -0.25) is 4.79 Å². The average molecular weight is 310 g/mol. The van der Waals surface area contributed by atoms with Gasteiger partial charge in [-0.25, -0.2) is 0 Å². The number of hydrogen-bond donors (Lipinski definition) is 1. The third-order valence-corrected chi connectivity index (χ3v) is 3.72. The normalized spacial score (nSPS) is 10.1. The summed E-state index contributed by atoms with van der Waals surface area (Å²) < 4.78 is 5.14. The Hall–Kier alpha value is -2.98. The molecule has 0 spiro atoms. The Morgan fingerprint density at radius 3 is 3.05 bits per heavy atom. The molecule has 108 valence electrons. The number of hydrogen-bond acceptors (Lipinski definition) is 6. The van der Waals surface area contributed by atoms with Crippen molar-refractivity contribution in [3.63, 3.8) is 0 Å². The van der Waals surface area contributed by atoms with Crippen LogP contribution in [0.25, 0.3) is 10.8 Å². The van der Waals surface area contributed by atoms with Crippen molar-refractivity contribution in [1.29, 1.82) is 5.26 Å². The smallest absolute Gasteiger partial charge is 0.268 e. The third-order valence-electron chi connectivity index (χ3n) is 2.86. The molecule has 22 heavy (non-hydrogen) atoms. The summed E-state index contributed by atoms with van der Waals surface area (Å²) in [7, 11) is 0. The highest BCUT2D eigenvalue weighted by molar-refractivity contribution is 7.13. The molecule has 6 nitrogen and oxygen atoms in total. The highest BCUT2D eigenvalue weighted by Gasteiger charge is 2.11. The van der Waals surface area contributed by atoms with Gasteiger partial charge in [-0.1, -0.05) is 17.3 Å². The van der Waals surface area contributed by atoms with E-state index in [-0.39, 0.29) is 12.5 Å². The number of rotatable bonds is 4. The Bertz CT molecular complexity index is 833. The van der Waals surface area contributed by atoms with E-state index in [1.807, 2.05) is 23.6 Å². The molecule has 0 aliphatic rings. The second-order valence-corrected chi connectivity index (χ2v) is 5.32. The lowest BCUT2D eigenvalue weighted by Gasteiger charge is -2.02. The van der Waals surface area contributed by atoms with E-state index in [9.17, 15) is 4.79 Å². The van der Waals surface area contributed by atoms with Crippen molar-refractivity contribution in [3.8, 4) is 16.8 Å².